The van der Waals surface area contributed by atoms with Crippen LogP contribution in [0.15, 0.2) is 24.3 Å². The minimum absolute atomic E-state index is 0.660. The van der Waals surface area contributed by atoms with E-state index in [9.17, 15) is 0 Å². The Hall–Kier alpha value is 1.25. The van der Waals surface area contributed by atoms with Crippen molar-refractivity contribution >= 4 is 68.1 Å². The molecule has 7 heteroatoms. The summed E-state index contributed by atoms with van der Waals surface area (Å²) in [6.07, 6.45) is 0. The first kappa shape index (κ1) is 22.9. The zero-order valence-electron chi connectivity index (χ0n) is 19.8. The molecule has 0 atom stereocenters. The quantitative estimate of drug-likeness (QED) is 0.247. The standard InChI is InChI=1S/C20H41ISi6/c1-22(2)19-23(3,4)26(9,10)20(25(22,7)8,27(11,12)24(19,5)6)17-13-15-18(21)16-14-17/h13-16,19H,1-12H3. The van der Waals surface area contributed by atoms with Crippen LogP contribution in [0.1, 0.15) is 5.56 Å². The molecule has 0 nitrogen and oxygen atoms in total. The minimum Gasteiger partial charge on any atom is -0.0715 e. The molecule has 0 saturated carbocycles. The number of hydrogen-bond donors (Lipinski definition) is 0. The zero-order valence-corrected chi connectivity index (χ0v) is 27.9. The second kappa shape index (κ2) is 5.94. The van der Waals surface area contributed by atoms with Gasteiger partial charge >= 0.3 is 0 Å². The molecule has 3 fully saturated rings. The fourth-order valence-corrected chi connectivity index (χ4v) is 155. The van der Waals surface area contributed by atoms with Gasteiger partial charge in [-0.25, -0.2) is 0 Å². The Bertz CT molecular complexity index is 707. The molecular weight excluding hydrogens is 536 g/mol. The van der Waals surface area contributed by atoms with Crippen molar-refractivity contribution in [2.75, 3.05) is 0 Å². The Morgan fingerprint density at radius 1 is 0.593 bits per heavy atom. The molecule has 4 rings (SSSR count). The van der Waals surface area contributed by atoms with Crippen molar-refractivity contribution < 1.29 is 0 Å². The molecule has 27 heavy (non-hydrogen) atoms. The van der Waals surface area contributed by atoms with E-state index in [0.29, 0.717) is 4.28 Å². The Labute approximate surface area is 187 Å². The van der Waals surface area contributed by atoms with E-state index >= 15 is 0 Å². The number of halogens is 1. The molecule has 3 aliphatic heterocycles. The summed E-state index contributed by atoms with van der Waals surface area (Å²) in [6, 6.07) is 10.1. The summed E-state index contributed by atoms with van der Waals surface area (Å²) >= 11 is 2.50. The van der Waals surface area contributed by atoms with Crippen molar-refractivity contribution in [3.05, 3.63) is 33.4 Å². The molecule has 0 spiro atoms. The predicted molar refractivity (Wildman–Crippen MR) is 149 cm³/mol. The lowest BCUT2D eigenvalue weighted by Crippen LogP contribution is -3.04. The van der Waals surface area contributed by atoms with Crippen LogP contribution in [-0.4, -0.2) is 45.5 Å². The first-order chi connectivity index (χ1) is 11.9. The van der Waals surface area contributed by atoms with Crippen LogP contribution in [0, 0.1) is 3.57 Å². The SMILES string of the molecule is C[Si]1(C)C2[Si](C)(C)[Si](C)(C)C(c3ccc(I)cc3)([Si]1(C)C)[Si](C)(C)[Si]2(C)C. The topological polar surface area (TPSA) is 0 Å². The molecule has 0 aliphatic carbocycles. The molecule has 152 valence electrons. The number of benzene rings is 1. The molecule has 1 aromatic rings. The van der Waals surface area contributed by atoms with Gasteiger partial charge in [-0.3, -0.25) is 0 Å². The Balaban J connectivity index is 2.58. The van der Waals surface area contributed by atoms with Gasteiger partial charge in [-0.15, -0.1) is 0 Å². The monoisotopic (exact) mass is 576 g/mol. The highest BCUT2D eigenvalue weighted by Gasteiger charge is 2.87. The van der Waals surface area contributed by atoms with E-state index in [1.165, 1.54) is 8.36 Å². The second-order valence-electron chi connectivity index (χ2n) is 12.7. The van der Waals surface area contributed by atoms with Gasteiger partial charge in [0.25, 0.3) is 0 Å². The molecule has 0 amide bonds. The predicted octanol–water partition coefficient (Wildman–Crippen LogP) is 7.11. The van der Waals surface area contributed by atoms with Crippen LogP contribution < -0.4 is 0 Å². The third kappa shape index (κ3) is 2.18. The van der Waals surface area contributed by atoms with Crippen LogP contribution in [0.2, 0.25) is 83.4 Å². The van der Waals surface area contributed by atoms with Crippen LogP contribution in [0.3, 0.4) is 0 Å². The summed E-state index contributed by atoms with van der Waals surface area (Å²) < 4.78 is 2.06. The molecule has 0 aromatic heterocycles. The summed E-state index contributed by atoms with van der Waals surface area (Å²) in [5, 5.41) is 0. The van der Waals surface area contributed by atoms with E-state index in [4.69, 9.17) is 0 Å². The molecule has 0 radical (unpaired) electrons. The fraction of sp³-hybridized carbons (Fsp3) is 0.700. The summed E-state index contributed by atoms with van der Waals surface area (Å²) in [5.41, 5.74) is 1.83. The molecule has 1 aromatic carbocycles. The molecule has 3 saturated heterocycles. The largest absolute Gasteiger partial charge is 0.0715 e. The summed E-state index contributed by atoms with van der Waals surface area (Å²) in [7, 11) is -8.13. The van der Waals surface area contributed by atoms with E-state index in [1.807, 2.05) is 5.56 Å². The van der Waals surface area contributed by atoms with Crippen LogP contribution in [0.5, 0.6) is 0 Å². The fourth-order valence-electron chi connectivity index (χ4n) is 9.36. The first-order valence-corrected chi connectivity index (χ1v) is 32.9. The van der Waals surface area contributed by atoms with E-state index in [0.717, 1.165) is 0 Å². The van der Waals surface area contributed by atoms with Gasteiger partial charge in [0.15, 0.2) is 0 Å². The average Bonchev–Trinajstić information content (AvgIpc) is 2.45. The van der Waals surface area contributed by atoms with Gasteiger partial charge in [0.1, 0.15) is 0 Å². The molecule has 3 heterocycles. The zero-order chi connectivity index (χ0) is 21.1. The number of hydrogen-bond acceptors (Lipinski definition) is 0. The van der Waals surface area contributed by atoms with Crippen LogP contribution in [0.25, 0.3) is 0 Å². The average molecular weight is 577 g/mol. The van der Waals surface area contributed by atoms with Gasteiger partial charge < -0.3 is 0 Å². The van der Waals surface area contributed by atoms with Gasteiger partial charge in [0, 0.05) is 49.1 Å². The maximum Gasteiger partial charge on any atom is 0.0461 e. The minimum atomic E-state index is -1.43. The lowest BCUT2D eigenvalue weighted by molar-refractivity contribution is 1.02. The van der Waals surface area contributed by atoms with E-state index in [2.05, 4.69) is 125 Å². The van der Waals surface area contributed by atoms with Crippen LogP contribution >= 0.6 is 22.6 Å². The summed E-state index contributed by atoms with van der Waals surface area (Å²) in [5.74, 6) is 0. The Kier molecular flexibility index (Phi) is 5.04. The highest BCUT2D eigenvalue weighted by atomic mass is 127. The normalized spacial score (nSPS) is 36.4. The van der Waals surface area contributed by atoms with Crippen molar-refractivity contribution in [2.45, 2.75) is 87.6 Å². The van der Waals surface area contributed by atoms with E-state index in [-0.39, 0.29) is 0 Å². The van der Waals surface area contributed by atoms with Crippen molar-refractivity contribution in [2.24, 2.45) is 0 Å². The summed E-state index contributed by atoms with van der Waals surface area (Å²) in [4.78, 5) is 1.24. The van der Waals surface area contributed by atoms with E-state index in [1.54, 1.807) is 0 Å². The third-order valence-corrected chi connectivity index (χ3v) is 101. The van der Waals surface area contributed by atoms with Gasteiger partial charge in [-0.1, -0.05) is 101 Å². The first-order valence-electron chi connectivity index (χ1n) is 10.6. The van der Waals surface area contributed by atoms with Gasteiger partial charge in [-0.05, 0) is 39.0 Å². The van der Waals surface area contributed by atoms with Crippen molar-refractivity contribution in [1.82, 2.24) is 0 Å². The Morgan fingerprint density at radius 3 is 1.19 bits per heavy atom. The second-order valence-corrected chi connectivity index (χ2v) is 64.1. The molecule has 0 N–H and O–H groups in total. The highest BCUT2D eigenvalue weighted by molar-refractivity contribution is 14.1. The third-order valence-electron chi connectivity index (χ3n) is 11.1. The smallest absolute Gasteiger partial charge is 0.0461 e. The molecule has 3 aliphatic rings. The lowest BCUT2D eigenvalue weighted by Gasteiger charge is -2.85. The van der Waals surface area contributed by atoms with Crippen LogP contribution in [0.4, 0.5) is 0 Å². The molecule has 0 unspecified atom stereocenters. The molecular formula is C20H41ISi6. The highest BCUT2D eigenvalue weighted by Crippen LogP contribution is 2.71. The maximum absolute atomic E-state index is 2.89. The van der Waals surface area contributed by atoms with Gasteiger partial charge in [0.05, 0.1) is 0 Å². The van der Waals surface area contributed by atoms with Crippen molar-refractivity contribution in [3.8, 4) is 0 Å². The van der Waals surface area contributed by atoms with Crippen molar-refractivity contribution in [1.29, 1.82) is 0 Å². The van der Waals surface area contributed by atoms with E-state index < -0.39 is 45.5 Å². The van der Waals surface area contributed by atoms with Crippen molar-refractivity contribution in [3.63, 3.8) is 0 Å². The number of rotatable bonds is 1. The number of fused-ring (bicyclic) bond motifs is 3. The lowest BCUT2D eigenvalue weighted by atomic mass is 10.2. The van der Waals surface area contributed by atoms with Crippen LogP contribution in [-0.2, 0) is 4.28 Å². The van der Waals surface area contributed by atoms with Gasteiger partial charge in [0.2, 0.25) is 0 Å². The van der Waals surface area contributed by atoms with Gasteiger partial charge in [-0.2, -0.15) is 0 Å². The summed E-state index contributed by atoms with van der Waals surface area (Å²) in [6.45, 7) is 34.6. The molecule has 2 bridgehead atoms. The Morgan fingerprint density at radius 2 is 0.889 bits per heavy atom. The maximum atomic E-state index is 2.89.